The second-order valence-corrected chi connectivity index (χ2v) is 9.54. The first-order valence-electron chi connectivity index (χ1n) is 10.1. The molecule has 4 N–H and O–H groups in total. The molecule has 2 aromatic rings. The normalized spacial score (nSPS) is 11.4. The van der Waals surface area contributed by atoms with Crippen LogP contribution in [0.3, 0.4) is 0 Å². The van der Waals surface area contributed by atoms with E-state index in [4.69, 9.17) is 0 Å². The largest absolute Gasteiger partial charge is 0.348 e. The molecule has 2 aromatic carbocycles. The number of anilines is 1. The number of hydrogen-bond acceptors (Lipinski definition) is 4. The van der Waals surface area contributed by atoms with Crippen LogP contribution in [-0.2, 0) is 22.3 Å². The highest BCUT2D eigenvalue weighted by Crippen LogP contribution is 2.16. The molecule has 0 atom stereocenters. The van der Waals surface area contributed by atoms with Gasteiger partial charge in [-0.2, -0.15) is 0 Å². The molecule has 0 aliphatic carbocycles. The van der Waals surface area contributed by atoms with Gasteiger partial charge in [-0.1, -0.05) is 36.4 Å². The summed E-state index contributed by atoms with van der Waals surface area (Å²) in [7, 11) is -3.49. The van der Waals surface area contributed by atoms with E-state index in [1.54, 1.807) is 62.4 Å². The summed E-state index contributed by atoms with van der Waals surface area (Å²) in [6.07, 6.45) is 0. The SMILES string of the molecule is CC(C)NC(=O)Nc1ccccc1C(=O)NCc1ccccc1CS(=O)(=O)NC(C)C. The van der Waals surface area contributed by atoms with Crippen molar-refractivity contribution in [1.29, 1.82) is 0 Å². The molecule has 168 valence electrons. The second kappa shape index (κ2) is 10.9. The number of hydrogen-bond donors (Lipinski definition) is 4. The zero-order chi connectivity index (χ0) is 23.0. The van der Waals surface area contributed by atoms with E-state index in [1.807, 2.05) is 13.8 Å². The minimum atomic E-state index is -3.49. The number of carbonyl (C=O) groups excluding carboxylic acids is 2. The molecule has 0 radical (unpaired) electrons. The van der Waals surface area contributed by atoms with Crippen LogP contribution in [0.5, 0.6) is 0 Å². The molecule has 3 amide bonds. The zero-order valence-electron chi connectivity index (χ0n) is 18.2. The lowest BCUT2D eigenvalue weighted by Gasteiger charge is -2.15. The van der Waals surface area contributed by atoms with E-state index in [-0.39, 0.29) is 30.3 Å². The summed E-state index contributed by atoms with van der Waals surface area (Å²) in [4.78, 5) is 24.8. The van der Waals surface area contributed by atoms with E-state index >= 15 is 0 Å². The van der Waals surface area contributed by atoms with Crippen LogP contribution in [0.2, 0.25) is 0 Å². The molecular formula is C22H30N4O4S. The third kappa shape index (κ3) is 8.03. The summed E-state index contributed by atoms with van der Waals surface area (Å²) in [6, 6.07) is 13.1. The summed E-state index contributed by atoms with van der Waals surface area (Å²) < 4.78 is 27.2. The van der Waals surface area contributed by atoms with Crippen molar-refractivity contribution in [2.45, 2.75) is 52.1 Å². The Bertz CT molecular complexity index is 1020. The van der Waals surface area contributed by atoms with E-state index in [0.717, 1.165) is 0 Å². The van der Waals surface area contributed by atoms with Gasteiger partial charge in [-0.05, 0) is 51.0 Å². The van der Waals surface area contributed by atoms with Crippen LogP contribution in [0.25, 0.3) is 0 Å². The van der Waals surface area contributed by atoms with E-state index in [1.165, 1.54) is 0 Å². The van der Waals surface area contributed by atoms with Gasteiger partial charge in [0.1, 0.15) is 0 Å². The third-order valence-corrected chi connectivity index (χ3v) is 5.68. The molecule has 0 fully saturated rings. The van der Waals surface area contributed by atoms with Crippen LogP contribution < -0.4 is 20.7 Å². The van der Waals surface area contributed by atoms with E-state index in [0.29, 0.717) is 22.4 Å². The monoisotopic (exact) mass is 446 g/mol. The molecule has 8 nitrogen and oxygen atoms in total. The maximum absolute atomic E-state index is 12.8. The van der Waals surface area contributed by atoms with Gasteiger partial charge in [-0.3, -0.25) is 4.79 Å². The first-order valence-corrected chi connectivity index (χ1v) is 11.7. The Morgan fingerprint density at radius 1 is 0.871 bits per heavy atom. The molecule has 9 heteroatoms. The van der Waals surface area contributed by atoms with Crippen molar-refractivity contribution in [1.82, 2.24) is 15.4 Å². The second-order valence-electron chi connectivity index (χ2n) is 7.78. The standard InChI is InChI=1S/C22H30N4O4S/c1-15(2)24-22(28)25-20-12-8-7-11-19(20)21(27)23-13-17-9-5-6-10-18(17)14-31(29,30)26-16(3)4/h5-12,15-16,26H,13-14H2,1-4H3,(H,23,27)(H2,24,25,28). The van der Waals surface area contributed by atoms with Gasteiger partial charge >= 0.3 is 6.03 Å². The Labute approximate surface area is 183 Å². The van der Waals surface area contributed by atoms with Crippen molar-refractivity contribution in [2.75, 3.05) is 5.32 Å². The van der Waals surface area contributed by atoms with E-state index in [9.17, 15) is 18.0 Å². The number of benzene rings is 2. The van der Waals surface area contributed by atoms with Crippen molar-refractivity contribution in [3.8, 4) is 0 Å². The lowest BCUT2D eigenvalue weighted by Crippen LogP contribution is -2.35. The molecule has 0 saturated heterocycles. The van der Waals surface area contributed by atoms with Gasteiger partial charge in [0.15, 0.2) is 0 Å². The molecule has 0 heterocycles. The van der Waals surface area contributed by atoms with Crippen LogP contribution >= 0.6 is 0 Å². The summed E-state index contributed by atoms with van der Waals surface area (Å²) >= 11 is 0. The van der Waals surface area contributed by atoms with Crippen LogP contribution in [-0.4, -0.2) is 32.4 Å². The number of urea groups is 1. The van der Waals surface area contributed by atoms with Crippen molar-refractivity contribution in [3.05, 3.63) is 65.2 Å². The van der Waals surface area contributed by atoms with Crippen molar-refractivity contribution < 1.29 is 18.0 Å². The molecule has 0 spiro atoms. The fourth-order valence-corrected chi connectivity index (χ4v) is 4.45. The predicted molar refractivity (Wildman–Crippen MR) is 122 cm³/mol. The molecule has 31 heavy (non-hydrogen) atoms. The summed E-state index contributed by atoms with van der Waals surface area (Å²) in [6.45, 7) is 7.35. The lowest BCUT2D eigenvalue weighted by atomic mass is 10.1. The van der Waals surface area contributed by atoms with Gasteiger partial charge in [0.25, 0.3) is 5.91 Å². The Balaban J connectivity index is 2.12. The smallest absolute Gasteiger partial charge is 0.319 e. The summed E-state index contributed by atoms with van der Waals surface area (Å²) in [5.41, 5.74) is 2.01. The highest BCUT2D eigenvalue weighted by Gasteiger charge is 2.17. The van der Waals surface area contributed by atoms with Crippen LogP contribution in [0.1, 0.15) is 49.2 Å². The lowest BCUT2D eigenvalue weighted by molar-refractivity contribution is 0.0951. The number of sulfonamides is 1. The highest BCUT2D eigenvalue weighted by molar-refractivity contribution is 7.88. The Hall–Kier alpha value is -2.91. The Morgan fingerprint density at radius 2 is 1.48 bits per heavy atom. The molecule has 0 bridgehead atoms. The molecule has 0 unspecified atom stereocenters. The van der Waals surface area contributed by atoms with Crippen LogP contribution in [0.4, 0.5) is 10.5 Å². The fourth-order valence-electron chi connectivity index (χ4n) is 2.96. The zero-order valence-corrected chi connectivity index (χ0v) is 19.0. The number of amides is 3. The molecule has 0 aliphatic rings. The van der Waals surface area contributed by atoms with Crippen LogP contribution in [0, 0.1) is 0 Å². The Morgan fingerprint density at radius 3 is 2.13 bits per heavy atom. The molecule has 0 aliphatic heterocycles. The fraction of sp³-hybridized carbons (Fsp3) is 0.364. The molecule has 0 saturated carbocycles. The quantitative estimate of drug-likeness (QED) is 0.474. The van der Waals surface area contributed by atoms with Gasteiger partial charge < -0.3 is 16.0 Å². The highest BCUT2D eigenvalue weighted by atomic mass is 32.2. The molecule has 0 aromatic heterocycles. The number of rotatable bonds is 9. The van der Waals surface area contributed by atoms with Crippen molar-refractivity contribution >= 4 is 27.6 Å². The van der Waals surface area contributed by atoms with Crippen molar-refractivity contribution in [2.24, 2.45) is 0 Å². The number of para-hydroxylation sites is 1. The van der Waals surface area contributed by atoms with Gasteiger partial charge in [0.05, 0.1) is 17.0 Å². The average molecular weight is 447 g/mol. The van der Waals surface area contributed by atoms with Crippen molar-refractivity contribution in [3.63, 3.8) is 0 Å². The Kier molecular flexibility index (Phi) is 8.58. The van der Waals surface area contributed by atoms with Gasteiger partial charge in [-0.25, -0.2) is 17.9 Å². The predicted octanol–water partition coefficient (Wildman–Crippen LogP) is 2.97. The molecular weight excluding hydrogens is 416 g/mol. The first kappa shape index (κ1) is 24.4. The van der Waals surface area contributed by atoms with Gasteiger partial charge in [0.2, 0.25) is 10.0 Å². The average Bonchev–Trinajstić information content (AvgIpc) is 2.65. The maximum atomic E-state index is 12.8. The summed E-state index contributed by atoms with van der Waals surface area (Å²) in [5, 5.41) is 8.21. The molecule has 2 rings (SSSR count). The maximum Gasteiger partial charge on any atom is 0.319 e. The topological polar surface area (TPSA) is 116 Å². The minimum absolute atomic E-state index is 0.0426. The third-order valence-electron chi connectivity index (χ3n) is 4.16. The number of nitrogens with one attached hydrogen (secondary N) is 4. The minimum Gasteiger partial charge on any atom is -0.348 e. The summed E-state index contributed by atoms with van der Waals surface area (Å²) in [5.74, 6) is -0.552. The first-order chi connectivity index (χ1) is 14.6. The van der Waals surface area contributed by atoms with E-state index in [2.05, 4.69) is 20.7 Å². The van der Waals surface area contributed by atoms with Crippen LogP contribution in [0.15, 0.2) is 48.5 Å². The van der Waals surface area contributed by atoms with Gasteiger partial charge in [0, 0.05) is 18.6 Å². The van der Waals surface area contributed by atoms with E-state index < -0.39 is 16.1 Å². The number of carbonyl (C=O) groups is 2. The van der Waals surface area contributed by atoms with Gasteiger partial charge in [-0.15, -0.1) is 0 Å².